The predicted octanol–water partition coefficient (Wildman–Crippen LogP) is 11.7. The first-order chi connectivity index (χ1) is 23.8. The van der Waals surface area contributed by atoms with Gasteiger partial charge in [0.25, 0.3) is 0 Å². The first kappa shape index (κ1) is 26.9. The van der Waals surface area contributed by atoms with Crippen molar-refractivity contribution in [1.82, 2.24) is 9.97 Å². The van der Waals surface area contributed by atoms with E-state index in [4.69, 9.17) is 14.4 Å². The Bertz CT molecular complexity index is 2670. The number of hydrogen-bond acceptors (Lipinski definition) is 3. The van der Waals surface area contributed by atoms with E-state index in [1.165, 1.54) is 38.9 Å². The van der Waals surface area contributed by atoms with Crippen LogP contribution in [0.15, 0.2) is 168 Å². The fraction of sp³-hybridized carbons (Fsp3) is 0.0222. The van der Waals surface area contributed by atoms with Crippen molar-refractivity contribution in [1.29, 1.82) is 0 Å². The van der Waals surface area contributed by atoms with Crippen LogP contribution in [0.25, 0.3) is 77.7 Å². The zero-order chi connectivity index (χ0) is 31.6. The second kappa shape index (κ2) is 10.6. The molecule has 0 saturated carbocycles. The highest BCUT2D eigenvalue weighted by Gasteiger charge is 2.31. The van der Waals surface area contributed by atoms with Crippen molar-refractivity contribution in [2.24, 2.45) is 0 Å². The molecule has 1 aliphatic carbocycles. The maximum Gasteiger partial charge on any atom is 0.160 e. The van der Waals surface area contributed by atoms with Crippen molar-refractivity contribution in [2.75, 3.05) is 0 Å². The summed E-state index contributed by atoms with van der Waals surface area (Å²) in [7, 11) is 0. The van der Waals surface area contributed by atoms with Crippen LogP contribution in [0.2, 0.25) is 0 Å². The molecule has 2 heterocycles. The van der Waals surface area contributed by atoms with Gasteiger partial charge in [0.15, 0.2) is 5.82 Å². The molecule has 0 saturated heterocycles. The highest BCUT2D eigenvalue weighted by Crippen LogP contribution is 2.50. The van der Waals surface area contributed by atoms with Crippen LogP contribution in [0.4, 0.5) is 0 Å². The number of nitrogens with zero attached hydrogens (tertiary/aromatic N) is 2. The van der Waals surface area contributed by atoms with Crippen molar-refractivity contribution < 1.29 is 4.42 Å². The molecule has 0 fully saturated rings. The van der Waals surface area contributed by atoms with Gasteiger partial charge in [-0.25, -0.2) is 9.97 Å². The Kier molecular flexibility index (Phi) is 5.94. The molecule has 3 heteroatoms. The van der Waals surface area contributed by atoms with E-state index in [1.807, 2.05) is 24.3 Å². The van der Waals surface area contributed by atoms with Gasteiger partial charge in [0.2, 0.25) is 0 Å². The summed E-state index contributed by atoms with van der Waals surface area (Å²) in [5.74, 6) is 0.820. The fourth-order valence-corrected chi connectivity index (χ4v) is 7.60. The lowest BCUT2D eigenvalue weighted by Crippen LogP contribution is -1.99. The molecule has 1 atom stereocenters. The van der Waals surface area contributed by atoms with Gasteiger partial charge in [-0.2, -0.15) is 0 Å². The van der Waals surface area contributed by atoms with Crippen LogP contribution < -0.4 is 0 Å². The normalized spacial score (nSPS) is 13.6. The number of furan rings is 1. The van der Waals surface area contributed by atoms with Crippen molar-refractivity contribution in [3.63, 3.8) is 0 Å². The van der Waals surface area contributed by atoms with Gasteiger partial charge >= 0.3 is 0 Å². The molecule has 10 rings (SSSR count). The molecule has 0 N–H and O–H groups in total. The second-order valence-corrected chi connectivity index (χ2v) is 12.5. The zero-order valence-corrected chi connectivity index (χ0v) is 26.0. The first-order valence-corrected chi connectivity index (χ1v) is 16.4. The van der Waals surface area contributed by atoms with Crippen molar-refractivity contribution in [2.45, 2.75) is 5.92 Å². The molecule has 0 spiro atoms. The summed E-state index contributed by atoms with van der Waals surface area (Å²) in [4.78, 5) is 10.1. The molecule has 0 unspecified atom stereocenters. The lowest BCUT2D eigenvalue weighted by molar-refractivity contribution is 0.668. The third-order valence-electron chi connectivity index (χ3n) is 9.78. The second-order valence-electron chi connectivity index (χ2n) is 12.5. The number of para-hydroxylation sites is 1. The maximum absolute atomic E-state index is 6.67. The molecule has 9 aromatic rings. The van der Waals surface area contributed by atoms with Crippen LogP contribution in [0.5, 0.6) is 0 Å². The lowest BCUT2D eigenvalue weighted by atomic mass is 9.87. The van der Waals surface area contributed by atoms with Gasteiger partial charge in [0.05, 0.1) is 11.2 Å². The Morgan fingerprint density at radius 3 is 2.04 bits per heavy atom. The lowest BCUT2D eigenvalue weighted by Gasteiger charge is -2.15. The zero-order valence-electron chi connectivity index (χ0n) is 26.0. The monoisotopic (exact) mass is 612 g/mol. The van der Waals surface area contributed by atoms with Crippen molar-refractivity contribution in [3.05, 3.63) is 180 Å². The average Bonchev–Trinajstić information content (AvgIpc) is 3.70. The van der Waals surface area contributed by atoms with E-state index >= 15 is 0 Å². The van der Waals surface area contributed by atoms with E-state index in [1.54, 1.807) is 0 Å². The minimum atomic E-state index is 0.108. The number of benzene rings is 7. The molecule has 0 radical (unpaired) electrons. The minimum Gasteiger partial charge on any atom is -0.456 e. The van der Waals surface area contributed by atoms with Gasteiger partial charge in [0.1, 0.15) is 11.2 Å². The molecular formula is C45H28N2O. The van der Waals surface area contributed by atoms with Gasteiger partial charge in [-0.3, -0.25) is 0 Å². The van der Waals surface area contributed by atoms with Crippen LogP contribution >= 0.6 is 0 Å². The molecule has 1 aliphatic rings. The Morgan fingerprint density at radius 2 is 1.17 bits per heavy atom. The summed E-state index contributed by atoms with van der Waals surface area (Å²) in [6, 6.07) is 57.9. The van der Waals surface area contributed by atoms with Crippen molar-refractivity contribution >= 4 is 32.8 Å². The van der Waals surface area contributed by atoms with Crippen molar-refractivity contribution in [3.8, 4) is 44.9 Å². The highest BCUT2D eigenvalue weighted by atomic mass is 16.3. The number of hydrogen-bond donors (Lipinski definition) is 0. The fourth-order valence-electron chi connectivity index (χ4n) is 7.60. The molecule has 7 aromatic carbocycles. The molecule has 0 bridgehead atoms. The topological polar surface area (TPSA) is 38.9 Å². The molecule has 0 amide bonds. The van der Waals surface area contributed by atoms with Gasteiger partial charge in [-0.05, 0) is 63.2 Å². The Labute approximate surface area is 277 Å². The quantitative estimate of drug-likeness (QED) is 0.198. The Hall–Kier alpha value is -6.32. The highest BCUT2D eigenvalue weighted by molar-refractivity contribution is 6.14. The van der Waals surface area contributed by atoms with Crippen LogP contribution in [0.1, 0.15) is 22.6 Å². The molecule has 224 valence electrons. The average molecular weight is 613 g/mol. The summed E-state index contributed by atoms with van der Waals surface area (Å²) < 4.78 is 6.67. The van der Waals surface area contributed by atoms with E-state index in [-0.39, 0.29) is 5.92 Å². The number of aromatic nitrogens is 2. The van der Waals surface area contributed by atoms with Gasteiger partial charge < -0.3 is 4.42 Å². The Morgan fingerprint density at radius 1 is 0.438 bits per heavy atom. The summed E-state index contributed by atoms with van der Waals surface area (Å²) in [6.45, 7) is 0. The van der Waals surface area contributed by atoms with E-state index in [0.29, 0.717) is 5.82 Å². The predicted molar refractivity (Wildman–Crippen MR) is 196 cm³/mol. The summed E-state index contributed by atoms with van der Waals surface area (Å²) in [5.41, 5.74) is 14.5. The summed E-state index contributed by atoms with van der Waals surface area (Å²) in [6.07, 6.45) is 0. The van der Waals surface area contributed by atoms with E-state index in [2.05, 4.69) is 140 Å². The van der Waals surface area contributed by atoms with Crippen LogP contribution in [-0.2, 0) is 0 Å². The molecular weight excluding hydrogens is 585 g/mol. The van der Waals surface area contributed by atoms with Gasteiger partial charge in [0, 0.05) is 33.2 Å². The molecule has 0 aliphatic heterocycles. The number of fused-ring (bicyclic) bond motifs is 7. The van der Waals surface area contributed by atoms with Crippen LogP contribution in [-0.4, -0.2) is 9.97 Å². The minimum absolute atomic E-state index is 0.108. The standard InChI is InChI=1S/C45H28N2O/c1-3-12-28(13-4-1)30-22-24-33-32-16-7-8-17-34(32)42(38(33)26-30)31-23-25-36-41(27-31)48-40-21-11-19-37(43(36)40)44-35-18-9-10-20-39(35)46-45(47-44)29-14-5-2-6-15-29/h1-27,42H/t42-/m0/s1. The molecule has 48 heavy (non-hydrogen) atoms. The SMILES string of the molecule is c1ccc(-c2ccc3c(c2)[C@@H](c2ccc4c(c2)oc2cccc(-c5nc(-c6ccccc6)nc6ccccc56)c24)c2ccccc2-3)cc1. The summed E-state index contributed by atoms with van der Waals surface area (Å²) >= 11 is 0. The first-order valence-electron chi connectivity index (χ1n) is 16.4. The summed E-state index contributed by atoms with van der Waals surface area (Å²) in [5, 5.41) is 3.17. The van der Waals surface area contributed by atoms with E-state index < -0.39 is 0 Å². The smallest absolute Gasteiger partial charge is 0.160 e. The largest absolute Gasteiger partial charge is 0.456 e. The van der Waals surface area contributed by atoms with Gasteiger partial charge in [-0.15, -0.1) is 0 Å². The van der Waals surface area contributed by atoms with Crippen LogP contribution in [0, 0.1) is 0 Å². The third kappa shape index (κ3) is 4.14. The maximum atomic E-state index is 6.67. The van der Waals surface area contributed by atoms with Gasteiger partial charge in [-0.1, -0.05) is 140 Å². The third-order valence-corrected chi connectivity index (χ3v) is 9.78. The van der Waals surface area contributed by atoms with E-state index in [0.717, 1.165) is 49.7 Å². The number of rotatable bonds is 4. The van der Waals surface area contributed by atoms with Crippen LogP contribution in [0.3, 0.4) is 0 Å². The Balaban J connectivity index is 1.16. The molecule has 3 nitrogen and oxygen atoms in total. The van der Waals surface area contributed by atoms with E-state index in [9.17, 15) is 0 Å². The molecule has 2 aromatic heterocycles.